The monoisotopic (exact) mass is 351 g/mol. The summed E-state index contributed by atoms with van der Waals surface area (Å²) in [4.78, 5) is 22.8. The van der Waals surface area contributed by atoms with E-state index >= 15 is 0 Å². The van der Waals surface area contributed by atoms with E-state index in [0.29, 0.717) is 11.4 Å². The third-order valence-corrected chi connectivity index (χ3v) is 3.73. The highest BCUT2D eigenvalue weighted by molar-refractivity contribution is 7.86. The molecular formula is C14H13N3O6S. The number of amides is 2. The van der Waals surface area contributed by atoms with Crippen LogP contribution in [0.15, 0.2) is 47.4 Å². The Morgan fingerprint density at radius 1 is 0.958 bits per heavy atom. The molecule has 10 heteroatoms. The smallest absolute Gasteiger partial charge is 0.314 e. The van der Waals surface area contributed by atoms with E-state index in [4.69, 9.17) is 10.3 Å². The maximum Gasteiger partial charge on any atom is 0.314 e. The van der Waals surface area contributed by atoms with Crippen molar-refractivity contribution in [2.75, 3.05) is 16.4 Å². The molecule has 0 aliphatic rings. The van der Waals surface area contributed by atoms with Gasteiger partial charge in [0.15, 0.2) is 0 Å². The van der Waals surface area contributed by atoms with Crippen molar-refractivity contribution in [1.29, 1.82) is 0 Å². The molecule has 0 radical (unpaired) electrons. The maximum absolute atomic E-state index is 11.8. The normalized spacial score (nSPS) is 10.9. The summed E-state index contributed by atoms with van der Waals surface area (Å²) in [5, 5.41) is 13.9. The first kappa shape index (κ1) is 17.2. The minimum atomic E-state index is -4.68. The van der Waals surface area contributed by atoms with E-state index < -0.39 is 32.6 Å². The molecule has 9 nitrogen and oxygen atoms in total. The van der Waals surface area contributed by atoms with Crippen LogP contribution < -0.4 is 16.4 Å². The van der Waals surface area contributed by atoms with Crippen molar-refractivity contribution in [3.05, 3.63) is 42.5 Å². The van der Waals surface area contributed by atoms with E-state index in [2.05, 4.69) is 10.6 Å². The number of anilines is 3. The van der Waals surface area contributed by atoms with Gasteiger partial charge in [-0.3, -0.25) is 14.1 Å². The van der Waals surface area contributed by atoms with Gasteiger partial charge in [0.25, 0.3) is 10.1 Å². The molecule has 0 bridgehead atoms. The van der Waals surface area contributed by atoms with Crippen molar-refractivity contribution >= 4 is 39.0 Å². The lowest BCUT2D eigenvalue weighted by Crippen LogP contribution is -2.29. The van der Waals surface area contributed by atoms with Crippen LogP contribution in [0.5, 0.6) is 5.75 Å². The molecule has 2 amide bonds. The highest BCUT2D eigenvalue weighted by atomic mass is 32.2. The maximum atomic E-state index is 11.8. The van der Waals surface area contributed by atoms with Gasteiger partial charge in [-0.05, 0) is 36.4 Å². The van der Waals surface area contributed by atoms with Crippen molar-refractivity contribution in [3.8, 4) is 5.75 Å². The number of hydrogen-bond donors (Lipinski definition) is 5. The lowest BCUT2D eigenvalue weighted by molar-refractivity contribution is -0.132. The van der Waals surface area contributed by atoms with Gasteiger partial charge in [0.2, 0.25) is 0 Å². The van der Waals surface area contributed by atoms with Crippen LogP contribution in [0.1, 0.15) is 0 Å². The Morgan fingerprint density at radius 2 is 1.54 bits per heavy atom. The number of rotatable bonds is 3. The Hall–Kier alpha value is -3.11. The number of carbonyl (C=O) groups excluding carboxylic acids is 2. The first-order chi connectivity index (χ1) is 11.2. The van der Waals surface area contributed by atoms with Crippen LogP contribution in [-0.4, -0.2) is 29.9 Å². The molecule has 2 aromatic rings. The zero-order valence-electron chi connectivity index (χ0n) is 12.1. The van der Waals surface area contributed by atoms with Gasteiger partial charge in [-0.1, -0.05) is 6.07 Å². The van der Waals surface area contributed by atoms with Crippen LogP contribution in [0.2, 0.25) is 0 Å². The van der Waals surface area contributed by atoms with E-state index in [1.807, 2.05) is 0 Å². The minimum Gasteiger partial charge on any atom is -0.506 e. The molecule has 0 atom stereocenters. The summed E-state index contributed by atoms with van der Waals surface area (Å²) in [7, 11) is -4.68. The van der Waals surface area contributed by atoms with Gasteiger partial charge in [0.05, 0.1) is 0 Å². The number of hydrogen-bond acceptors (Lipinski definition) is 6. The lowest BCUT2D eigenvalue weighted by atomic mass is 10.2. The van der Waals surface area contributed by atoms with Crippen LogP contribution in [0.25, 0.3) is 0 Å². The molecule has 2 aromatic carbocycles. The Kier molecular flexibility index (Phi) is 4.71. The Morgan fingerprint density at radius 3 is 2.08 bits per heavy atom. The van der Waals surface area contributed by atoms with Gasteiger partial charge in [0.1, 0.15) is 10.6 Å². The second-order valence-corrected chi connectivity index (χ2v) is 6.08. The molecule has 0 heterocycles. The van der Waals surface area contributed by atoms with E-state index in [0.717, 1.165) is 18.2 Å². The molecule has 2 rings (SSSR count). The second kappa shape index (κ2) is 6.56. The Bertz CT molecular complexity index is 910. The van der Waals surface area contributed by atoms with Crippen LogP contribution in [0.4, 0.5) is 17.1 Å². The lowest BCUT2D eigenvalue weighted by Gasteiger charge is -2.08. The predicted molar refractivity (Wildman–Crippen MR) is 86.0 cm³/mol. The third kappa shape index (κ3) is 4.21. The predicted octanol–water partition coefficient (Wildman–Crippen LogP) is 0.798. The fraction of sp³-hybridized carbons (Fsp3) is 0. The second-order valence-electron chi connectivity index (χ2n) is 4.69. The highest BCUT2D eigenvalue weighted by Gasteiger charge is 2.19. The van der Waals surface area contributed by atoms with Gasteiger partial charge in [-0.15, -0.1) is 0 Å². The summed E-state index contributed by atoms with van der Waals surface area (Å²) < 4.78 is 31.1. The fourth-order valence-corrected chi connectivity index (χ4v) is 2.40. The van der Waals surface area contributed by atoms with Crippen LogP contribution in [0.3, 0.4) is 0 Å². The summed E-state index contributed by atoms with van der Waals surface area (Å²) in [6.07, 6.45) is 0. The quantitative estimate of drug-likeness (QED) is 0.237. The molecule has 0 unspecified atom stereocenters. The number of nitrogen functional groups attached to an aromatic ring is 1. The molecule has 0 fully saturated rings. The fourth-order valence-electron chi connectivity index (χ4n) is 1.79. The van der Waals surface area contributed by atoms with E-state index in [1.54, 1.807) is 12.1 Å². The van der Waals surface area contributed by atoms with Crippen LogP contribution >= 0.6 is 0 Å². The van der Waals surface area contributed by atoms with Crippen molar-refractivity contribution < 1.29 is 27.7 Å². The first-order valence-electron chi connectivity index (χ1n) is 6.45. The highest BCUT2D eigenvalue weighted by Crippen LogP contribution is 2.25. The van der Waals surface area contributed by atoms with Crippen molar-refractivity contribution in [1.82, 2.24) is 0 Å². The van der Waals surface area contributed by atoms with E-state index in [9.17, 15) is 23.1 Å². The largest absolute Gasteiger partial charge is 0.506 e. The number of phenolic OH excluding ortho intramolecular Hbond substituents is 1. The molecule has 6 N–H and O–H groups in total. The number of nitrogens with one attached hydrogen (secondary N) is 2. The zero-order valence-corrected chi connectivity index (χ0v) is 12.9. The molecule has 126 valence electrons. The molecule has 0 spiro atoms. The zero-order chi connectivity index (χ0) is 17.9. The topological polar surface area (TPSA) is 159 Å². The summed E-state index contributed by atoms with van der Waals surface area (Å²) in [5.41, 5.74) is 6.14. The number of aromatic hydroxyl groups is 1. The first-order valence-corrected chi connectivity index (χ1v) is 7.89. The molecule has 0 saturated heterocycles. The van der Waals surface area contributed by atoms with Gasteiger partial charge in [-0.25, -0.2) is 0 Å². The number of carbonyl (C=O) groups is 2. The van der Waals surface area contributed by atoms with Crippen molar-refractivity contribution in [2.45, 2.75) is 4.90 Å². The van der Waals surface area contributed by atoms with Crippen LogP contribution in [-0.2, 0) is 19.7 Å². The molecule has 0 saturated carbocycles. The van der Waals surface area contributed by atoms with Crippen molar-refractivity contribution in [3.63, 3.8) is 0 Å². The summed E-state index contributed by atoms with van der Waals surface area (Å²) in [5.74, 6) is -2.79. The number of nitrogens with two attached hydrogens (primary N) is 1. The summed E-state index contributed by atoms with van der Waals surface area (Å²) >= 11 is 0. The van der Waals surface area contributed by atoms with Gasteiger partial charge < -0.3 is 21.5 Å². The summed E-state index contributed by atoms with van der Waals surface area (Å²) in [6.45, 7) is 0. The van der Waals surface area contributed by atoms with Crippen molar-refractivity contribution in [2.24, 2.45) is 0 Å². The standard InChI is InChI=1S/C14H13N3O6S/c15-8-2-1-3-9(6-8)16-13(19)14(20)17-10-4-5-11(18)12(7-10)24(21,22)23/h1-7,18H,15H2,(H,16,19)(H,17,20)(H,21,22,23). The Labute approximate surface area is 136 Å². The summed E-state index contributed by atoms with van der Waals surface area (Å²) in [6, 6.07) is 9.09. The SMILES string of the molecule is Nc1cccc(NC(=O)C(=O)Nc2ccc(O)c(S(=O)(=O)O)c2)c1. The Balaban J connectivity index is 2.13. The number of benzene rings is 2. The van der Waals surface area contributed by atoms with Crippen LogP contribution in [0, 0.1) is 0 Å². The van der Waals surface area contributed by atoms with E-state index in [1.165, 1.54) is 12.1 Å². The third-order valence-electron chi connectivity index (χ3n) is 2.85. The molecule has 0 aliphatic carbocycles. The molecule has 0 aliphatic heterocycles. The molecule has 0 aromatic heterocycles. The molecule has 24 heavy (non-hydrogen) atoms. The van der Waals surface area contributed by atoms with E-state index in [-0.39, 0.29) is 5.69 Å². The van der Waals surface area contributed by atoms with Gasteiger partial charge >= 0.3 is 11.8 Å². The van der Waals surface area contributed by atoms with Gasteiger partial charge in [0, 0.05) is 17.1 Å². The molecular weight excluding hydrogens is 338 g/mol. The number of phenols is 1. The average molecular weight is 351 g/mol. The van der Waals surface area contributed by atoms with Gasteiger partial charge in [-0.2, -0.15) is 8.42 Å². The minimum absolute atomic E-state index is 0.104. The average Bonchev–Trinajstić information content (AvgIpc) is 2.48.